The molecule has 1 saturated heterocycles. The zero-order chi connectivity index (χ0) is 23.7. The van der Waals surface area contributed by atoms with Crippen molar-refractivity contribution in [2.24, 2.45) is 16.8 Å². The molecule has 0 saturated carbocycles. The molecule has 2 aliphatic heterocycles. The summed E-state index contributed by atoms with van der Waals surface area (Å²) in [4.78, 5) is 27.1. The van der Waals surface area contributed by atoms with Gasteiger partial charge in [-0.25, -0.2) is 5.01 Å². The number of carbonyl (C=O) groups is 2. The van der Waals surface area contributed by atoms with Crippen LogP contribution in [0.4, 0.5) is 0 Å². The predicted molar refractivity (Wildman–Crippen MR) is 131 cm³/mol. The highest BCUT2D eigenvalue weighted by molar-refractivity contribution is 6.04. The van der Waals surface area contributed by atoms with Gasteiger partial charge in [0.25, 0.3) is 5.91 Å². The van der Waals surface area contributed by atoms with Gasteiger partial charge in [0.05, 0.1) is 18.3 Å². The van der Waals surface area contributed by atoms with Gasteiger partial charge in [0.15, 0.2) is 0 Å². The maximum absolute atomic E-state index is 13.5. The number of primary amides is 1. The minimum atomic E-state index is -0.238. The molecule has 2 aliphatic rings. The Labute approximate surface area is 196 Å². The maximum atomic E-state index is 13.5. The molecule has 2 aromatic carbocycles. The van der Waals surface area contributed by atoms with Crippen LogP contribution in [0.1, 0.15) is 58.7 Å². The summed E-state index contributed by atoms with van der Waals surface area (Å²) in [5.41, 5.74) is 13.4. The Morgan fingerprint density at radius 1 is 0.970 bits per heavy atom. The van der Waals surface area contributed by atoms with Crippen molar-refractivity contribution in [3.63, 3.8) is 0 Å². The van der Waals surface area contributed by atoms with Crippen molar-refractivity contribution in [2.75, 3.05) is 19.6 Å². The van der Waals surface area contributed by atoms with E-state index in [-0.39, 0.29) is 23.8 Å². The summed E-state index contributed by atoms with van der Waals surface area (Å²) in [7, 11) is 0. The predicted octanol–water partition coefficient (Wildman–Crippen LogP) is 3.80. The number of hydrazone groups is 1. The normalized spacial score (nSPS) is 19.6. The zero-order valence-electron chi connectivity index (χ0n) is 20.1. The Balaban J connectivity index is 1.61. The van der Waals surface area contributed by atoms with E-state index in [0.717, 1.165) is 16.8 Å². The number of benzene rings is 2. The SMILES string of the molecule is Cc1ccc(C)c(C2=NN(C(=O)CN3CCC(C(N)=O)CC3)[C@H](c3cc(C)ccc3C)C2)c1. The summed E-state index contributed by atoms with van der Waals surface area (Å²) in [6.45, 7) is 10.1. The lowest BCUT2D eigenvalue weighted by molar-refractivity contribution is -0.134. The van der Waals surface area contributed by atoms with E-state index in [2.05, 4.69) is 69.0 Å². The molecule has 4 rings (SSSR count). The Bertz CT molecular complexity index is 1100. The third-order valence-corrected chi connectivity index (χ3v) is 7.01. The van der Waals surface area contributed by atoms with Crippen LogP contribution in [0.2, 0.25) is 0 Å². The molecule has 2 aromatic rings. The number of hydrogen-bond acceptors (Lipinski definition) is 4. The quantitative estimate of drug-likeness (QED) is 0.759. The summed E-state index contributed by atoms with van der Waals surface area (Å²) in [6.07, 6.45) is 2.12. The molecule has 6 heteroatoms. The van der Waals surface area contributed by atoms with Gasteiger partial charge in [0.2, 0.25) is 5.91 Å². The van der Waals surface area contributed by atoms with Gasteiger partial charge in [-0.3, -0.25) is 14.5 Å². The molecule has 0 aliphatic carbocycles. The second-order valence-electron chi connectivity index (χ2n) is 9.64. The monoisotopic (exact) mass is 446 g/mol. The van der Waals surface area contributed by atoms with Gasteiger partial charge in [0, 0.05) is 17.9 Å². The topological polar surface area (TPSA) is 79.0 Å². The molecule has 174 valence electrons. The van der Waals surface area contributed by atoms with Crippen molar-refractivity contribution in [2.45, 2.75) is 53.0 Å². The van der Waals surface area contributed by atoms with E-state index in [1.807, 2.05) is 0 Å². The van der Waals surface area contributed by atoms with Gasteiger partial charge in [-0.1, -0.05) is 41.5 Å². The third kappa shape index (κ3) is 5.01. The molecule has 0 unspecified atom stereocenters. The van der Waals surface area contributed by atoms with E-state index in [1.165, 1.54) is 22.3 Å². The molecule has 0 spiro atoms. The van der Waals surface area contributed by atoms with Crippen LogP contribution in [0.25, 0.3) is 0 Å². The van der Waals surface area contributed by atoms with Crippen molar-refractivity contribution < 1.29 is 9.59 Å². The highest BCUT2D eigenvalue weighted by Gasteiger charge is 2.35. The first-order chi connectivity index (χ1) is 15.7. The minimum absolute atomic E-state index is 0.00117. The van der Waals surface area contributed by atoms with Crippen LogP contribution >= 0.6 is 0 Å². The minimum Gasteiger partial charge on any atom is -0.369 e. The van der Waals surface area contributed by atoms with E-state index in [1.54, 1.807) is 5.01 Å². The van der Waals surface area contributed by atoms with E-state index in [0.29, 0.717) is 38.9 Å². The van der Waals surface area contributed by atoms with Crippen LogP contribution in [0.15, 0.2) is 41.5 Å². The number of likely N-dealkylation sites (tertiary alicyclic amines) is 1. The summed E-state index contributed by atoms with van der Waals surface area (Å²) in [5.74, 6) is -0.322. The summed E-state index contributed by atoms with van der Waals surface area (Å²) >= 11 is 0. The number of piperidine rings is 1. The van der Waals surface area contributed by atoms with Crippen LogP contribution in [-0.4, -0.2) is 47.1 Å². The van der Waals surface area contributed by atoms with E-state index < -0.39 is 0 Å². The van der Waals surface area contributed by atoms with Crippen LogP contribution in [-0.2, 0) is 9.59 Å². The molecule has 0 aromatic heterocycles. The zero-order valence-corrected chi connectivity index (χ0v) is 20.1. The molecule has 0 radical (unpaired) electrons. The summed E-state index contributed by atoms with van der Waals surface area (Å²) < 4.78 is 0. The molecular formula is C27H34N4O2. The van der Waals surface area contributed by atoms with Crippen molar-refractivity contribution >= 4 is 17.5 Å². The molecule has 6 nitrogen and oxygen atoms in total. The average Bonchev–Trinajstić information content (AvgIpc) is 3.22. The lowest BCUT2D eigenvalue weighted by Crippen LogP contribution is -2.44. The second-order valence-corrected chi connectivity index (χ2v) is 9.64. The number of amides is 2. The number of carbonyl (C=O) groups excluding carboxylic acids is 2. The first-order valence-electron chi connectivity index (χ1n) is 11.8. The molecule has 2 heterocycles. The average molecular weight is 447 g/mol. The number of nitrogens with two attached hydrogens (primary N) is 1. The highest BCUT2D eigenvalue weighted by Crippen LogP contribution is 2.36. The molecule has 2 N–H and O–H groups in total. The van der Waals surface area contributed by atoms with Crippen LogP contribution in [0.3, 0.4) is 0 Å². The van der Waals surface area contributed by atoms with Crippen molar-refractivity contribution in [1.82, 2.24) is 9.91 Å². The van der Waals surface area contributed by atoms with Crippen molar-refractivity contribution in [1.29, 1.82) is 0 Å². The second kappa shape index (κ2) is 9.48. The molecule has 0 bridgehead atoms. The van der Waals surface area contributed by atoms with Crippen LogP contribution < -0.4 is 5.73 Å². The lowest BCUT2D eigenvalue weighted by atomic mass is 9.92. The third-order valence-electron chi connectivity index (χ3n) is 7.01. The summed E-state index contributed by atoms with van der Waals surface area (Å²) in [6, 6.07) is 12.7. The molecular weight excluding hydrogens is 412 g/mol. The first-order valence-corrected chi connectivity index (χ1v) is 11.8. The van der Waals surface area contributed by atoms with Gasteiger partial charge >= 0.3 is 0 Å². The van der Waals surface area contributed by atoms with Crippen molar-refractivity contribution in [3.05, 3.63) is 69.8 Å². The lowest BCUT2D eigenvalue weighted by Gasteiger charge is -2.32. The Kier molecular flexibility index (Phi) is 6.66. The number of rotatable bonds is 5. The molecule has 1 fully saturated rings. The van der Waals surface area contributed by atoms with Gasteiger partial charge in [0.1, 0.15) is 0 Å². The first kappa shape index (κ1) is 23.2. The van der Waals surface area contributed by atoms with Gasteiger partial charge < -0.3 is 5.73 Å². The van der Waals surface area contributed by atoms with Gasteiger partial charge in [-0.05, 0) is 76.4 Å². The highest BCUT2D eigenvalue weighted by atomic mass is 16.2. The fraction of sp³-hybridized carbons (Fsp3) is 0.444. The van der Waals surface area contributed by atoms with Gasteiger partial charge in [-0.2, -0.15) is 5.10 Å². The number of nitrogens with zero attached hydrogens (tertiary/aromatic N) is 3. The van der Waals surface area contributed by atoms with Crippen molar-refractivity contribution in [3.8, 4) is 0 Å². The van der Waals surface area contributed by atoms with E-state index in [4.69, 9.17) is 10.8 Å². The fourth-order valence-electron chi connectivity index (χ4n) is 4.95. The molecule has 1 atom stereocenters. The van der Waals surface area contributed by atoms with E-state index in [9.17, 15) is 9.59 Å². The van der Waals surface area contributed by atoms with Gasteiger partial charge in [-0.15, -0.1) is 0 Å². The Morgan fingerprint density at radius 3 is 2.27 bits per heavy atom. The number of aryl methyl sites for hydroxylation is 4. The van der Waals surface area contributed by atoms with Crippen LogP contribution in [0, 0.1) is 33.6 Å². The molecule has 33 heavy (non-hydrogen) atoms. The Morgan fingerprint density at radius 2 is 1.61 bits per heavy atom. The maximum Gasteiger partial charge on any atom is 0.257 e. The van der Waals surface area contributed by atoms with Crippen LogP contribution in [0.5, 0.6) is 0 Å². The standard InChI is InChI=1S/C27H34N4O2/c1-17-5-7-19(3)22(13-17)24-15-25(23-14-18(2)6-8-20(23)4)31(29-24)26(32)16-30-11-9-21(10-12-30)27(28)33/h5-8,13-14,21,25H,9-12,15-16H2,1-4H3,(H2,28,33)/t25-/m0/s1. The summed E-state index contributed by atoms with van der Waals surface area (Å²) in [5, 5.41) is 6.60. The number of hydrogen-bond donors (Lipinski definition) is 1. The fourth-order valence-corrected chi connectivity index (χ4v) is 4.95. The molecule has 2 amide bonds. The largest absolute Gasteiger partial charge is 0.369 e. The van der Waals surface area contributed by atoms with E-state index >= 15 is 0 Å². The Hall–Kier alpha value is -2.99. The smallest absolute Gasteiger partial charge is 0.257 e.